The Bertz CT molecular complexity index is 1450. The third-order valence-corrected chi connectivity index (χ3v) is 7.16. The van der Waals surface area contributed by atoms with Crippen molar-refractivity contribution in [3.63, 3.8) is 0 Å². The van der Waals surface area contributed by atoms with Gasteiger partial charge in [-0.3, -0.25) is 0 Å². The Balaban J connectivity index is 1.32. The molecule has 0 amide bonds. The van der Waals surface area contributed by atoms with Gasteiger partial charge in [0.05, 0.1) is 11.0 Å². The van der Waals surface area contributed by atoms with Gasteiger partial charge >= 0.3 is 0 Å². The molecule has 2 N–H and O–H groups in total. The van der Waals surface area contributed by atoms with Crippen molar-refractivity contribution in [3.8, 4) is 22.5 Å². The lowest BCUT2D eigenvalue weighted by atomic mass is 9.97. The molecule has 5 aromatic rings. The molecule has 0 bridgehead atoms. The van der Waals surface area contributed by atoms with E-state index in [1.54, 1.807) is 0 Å². The second-order valence-corrected chi connectivity index (χ2v) is 9.59. The van der Waals surface area contributed by atoms with Crippen LogP contribution in [0.1, 0.15) is 55.6 Å². The highest BCUT2D eigenvalue weighted by Crippen LogP contribution is 2.31. The first kappa shape index (κ1) is 22.6. The van der Waals surface area contributed by atoms with E-state index < -0.39 is 0 Å². The van der Waals surface area contributed by atoms with Gasteiger partial charge in [0.1, 0.15) is 5.82 Å². The standard InChI is InChI=1S/C29H31N7/c1-2-7-28-31-26-16-15-22(25-10-5-6-17-30-25)18-27(26)36(28)19-20-11-13-21(14-12-20)23-8-3-4-9-24(23)29-32-34-35-33-29/h3-4,8-9,11-16,18,25,30H,2,5-7,10,17,19H2,1H3,(H,32,33,34,35). The summed E-state index contributed by atoms with van der Waals surface area (Å²) in [5.41, 5.74) is 8.14. The molecule has 1 saturated heterocycles. The minimum absolute atomic E-state index is 0.444. The lowest BCUT2D eigenvalue weighted by molar-refractivity contribution is 0.412. The number of nitrogens with zero attached hydrogens (tertiary/aromatic N) is 5. The van der Waals surface area contributed by atoms with Crippen molar-refractivity contribution in [2.75, 3.05) is 6.54 Å². The molecule has 1 aliphatic heterocycles. The van der Waals surface area contributed by atoms with E-state index in [4.69, 9.17) is 4.98 Å². The van der Waals surface area contributed by atoms with Crippen LogP contribution >= 0.6 is 0 Å². The summed E-state index contributed by atoms with van der Waals surface area (Å²) in [6.45, 7) is 4.13. The number of imidazole rings is 1. The van der Waals surface area contributed by atoms with Gasteiger partial charge in [-0.2, -0.15) is 5.21 Å². The summed E-state index contributed by atoms with van der Waals surface area (Å²) in [6, 6.07) is 24.2. The molecular weight excluding hydrogens is 446 g/mol. The van der Waals surface area contributed by atoms with Crippen molar-refractivity contribution in [3.05, 3.63) is 83.7 Å². The number of hydrogen-bond acceptors (Lipinski definition) is 5. The normalized spacial score (nSPS) is 16.0. The SMILES string of the molecule is CCCc1nc2ccc(C3CCCCN3)cc2n1Cc1ccc(-c2ccccc2-c2nn[nH]n2)cc1. The number of aryl methyl sites for hydroxylation is 1. The molecule has 0 radical (unpaired) electrons. The largest absolute Gasteiger partial charge is 0.323 e. The predicted molar refractivity (Wildman–Crippen MR) is 142 cm³/mol. The number of fused-ring (bicyclic) bond motifs is 1. The van der Waals surface area contributed by atoms with Crippen LogP contribution in [0.5, 0.6) is 0 Å². The molecule has 7 heteroatoms. The summed E-state index contributed by atoms with van der Waals surface area (Å²) in [7, 11) is 0. The van der Waals surface area contributed by atoms with E-state index >= 15 is 0 Å². The number of rotatable bonds is 7. The molecular formula is C29H31N7. The molecule has 3 aromatic carbocycles. The van der Waals surface area contributed by atoms with Crippen molar-refractivity contribution >= 4 is 11.0 Å². The van der Waals surface area contributed by atoms with Crippen LogP contribution < -0.4 is 5.32 Å². The van der Waals surface area contributed by atoms with Crippen molar-refractivity contribution in [1.29, 1.82) is 0 Å². The van der Waals surface area contributed by atoms with Crippen LogP contribution in [0.25, 0.3) is 33.5 Å². The smallest absolute Gasteiger partial charge is 0.205 e. The first-order valence-corrected chi connectivity index (χ1v) is 12.9. The second-order valence-electron chi connectivity index (χ2n) is 9.59. The Labute approximate surface area is 211 Å². The first-order valence-electron chi connectivity index (χ1n) is 12.9. The van der Waals surface area contributed by atoms with E-state index in [-0.39, 0.29) is 0 Å². The van der Waals surface area contributed by atoms with Crippen LogP contribution in [0, 0.1) is 0 Å². The molecule has 2 aromatic heterocycles. The number of H-pyrrole nitrogens is 1. The number of aromatic nitrogens is 6. The molecule has 0 spiro atoms. The van der Waals surface area contributed by atoms with Crippen LogP contribution in [-0.2, 0) is 13.0 Å². The van der Waals surface area contributed by atoms with Gasteiger partial charge < -0.3 is 9.88 Å². The third-order valence-electron chi connectivity index (χ3n) is 7.16. The number of benzene rings is 3. The fraction of sp³-hybridized carbons (Fsp3) is 0.310. The topological polar surface area (TPSA) is 84.3 Å². The average Bonchev–Trinajstić information content (AvgIpc) is 3.59. The Morgan fingerprint density at radius 3 is 2.58 bits per heavy atom. The van der Waals surface area contributed by atoms with Gasteiger partial charge in [-0.1, -0.05) is 67.9 Å². The Morgan fingerprint density at radius 2 is 1.83 bits per heavy atom. The molecule has 1 fully saturated rings. The first-order chi connectivity index (χ1) is 17.8. The zero-order valence-corrected chi connectivity index (χ0v) is 20.6. The Kier molecular flexibility index (Phi) is 6.30. The maximum atomic E-state index is 5.01. The number of tetrazole rings is 1. The summed E-state index contributed by atoms with van der Waals surface area (Å²) in [5.74, 6) is 1.76. The van der Waals surface area contributed by atoms with E-state index in [1.165, 1.54) is 35.9 Å². The minimum Gasteiger partial charge on any atom is -0.323 e. The summed E-state index contributed by atoms with van der Waals surface area (Å²) in [6.07, 6.45) is 5.81. The van der Waals surface area contributed by atoms with Crippen LogP contribution in [0.4, 0.5) is 0 Å². The van der Waals surface area contributed by atoms with Gasteiger partial charge in [0.2, 0.25) is 5.82 Å². The van der Waals surface area contributed by atoms with Crippen molar-refractivity contribution in [2.45, 2.75) is 51.6 Å². The minimum atomic E-state index is 0.444. The van der Waals surface area contributed by atoms with Crippen molar-refractivity contribution < 1.29 is 0 Å². The fourth-order valence-electron chi connectivity index (χ4n) is 5.31. The molecule has 182 valence electrons. The highest BCUT2D eigenvalue weighted by Gasteiger charge is 2.18. The number of piperidine rings is 1. The van der Waals surface area contributed by atoms with Crippen molar-refractivity contribution in [1.82, 2.24) is 35.5 Å². The zero-order chi connectivity index (χ0) is 24.3. The second kappa shape index (κ2) is 10.0. The van der Waals surface area contributed by atoms with Gasteiger partial charge in [-0.25, -0.2) is 4.98 Å². The summed E-state index contributed by atoms with van der Waals surface area (Å²) < 4.78 is 2.41. The van der Waals surface area contributed by atoms with Crippen LogP contribution in [-0.4, -0.2) is 36.7 Å². The molecule has 1 aliphatic rings. The van der Waals surface area contributed by atoms with E-state index in [9.17, 15) is 0 Å². The summed E-state index contributed by atoms with van der Waals surface area (Å²) >= 11 is 0. The predicted octanol–water partition coefficient (Wildman–Crippen LogP) is 5.70. The average molecular weight is 478 g/mol. The van der Waals surface area contributed by atoms with E-state index in [0.29, 0.717) is 11.9 Å². The van der Waals surface area contributed by atoms with Gasteiger partial charge in [0.15, 0.2) is 0 Å². The number of hydrogen-bond donors (Lipinski definition) is 2. The van der Waals surface area contributed by atoms with Gasteiger partial charge in [-0.05, 0) is 65.4 Å². The van der Waals surface area contributed by atoms with E-state index in [2.05, 4.69) is 86.0 Å². The van der Waals surface area contributed by atoms with Crippen LogP contribution in [0.2, 0.25) is 0 Å². The maximum Gasteiger partial charge on any atom is 0.205 e. The molecule has 7 nitrogen and oxygen atoms in total. The van der Waals surface area contributed by atoms with Crippen LogP contribution in [0.3, 0.4) is 0 Å². The summed E-state index contributed by atoms with van der Waals surface area (Å²) in [5, 5.41) is 18.3. The third kappa shape index (κ3) is 4.42. The van der Waals surface area contributed by atoms with Crippen molar-refractivity contribution in [2.24, 2.45) is 0 Å². The van der Waals surface area contributed by atoms with Gasteiger partial charge in [-0.15, -0.1) is 10.2 Å². The lowest BCUT2D eigenvalue weighted by Gasteiger charge is -2.24. The Hall–Kier alpha value is -3.84. The zero-order valence-electron chi connectivity index (χ0n) is 20.6. The quantitative estimate of drug-likeness (QED) is 0.314. The molecule has 0 aliphatic carbocycles. The van der Waals surface area contributed by atoms with Crippen LogP contribution in [0.15, 0.2) is 66.7 Å². The molecule has 6 rings (SSSR count). The number of nitrogens with one attached hydrogen (secondary N) is 2. The highest BCUT2D eigenvalue weighted by molar-refractivity contribution is 5.80. The maximum absolute atomic E-state index is 5.01. The molecule has 1 atom stereocenters. The number of aromatic amines is 1. The molecule has 1 unspecified atom stereocenters. The highest BCUT2D eigenvalue weighted by atomic mass is 15.5. The summed E-state index contributed by atoms with van der Waals surface area (Å²) in [4.78, 5) is 5.01. The Morgan fingerprint density at radius 1 is 0.972 bits per heavy atom. The molecule has 3 heterocycles. The lowest BCUT2D eigenvalue weighted by Crippen LogP contribution is -2.26. The fourth-order valence-corrected chi connectivity index (χ4v) is 5.31. The monoisotopic (exact) mass is 477 g/mol. The van der Waals surface area contributed by atoms with E-state index in [1.807, 2.05) is 18.2 Å². The van der Waals surface area contributed by atoms with Gasteiger partial charge in [0, 0.05) is 24.6 Å². The van der Waals surface area contributed by atoms with Gasteiger partial charge in [0.25, 0.3) is 0 Å². The molecule has 36 heavy (non-hydrogen) atoms. The van der Waals surface area contributed by atoms with E-state index in [0.717, 1.165) is 54.0 Å². The molecule has 0 saturated carbocycles.